The second kappa shape index (κ2) is 10.2. The first kappa shape index (κ1) is 21.7. The van der Waals surface area contributed by atoms with Crippen molar-refractivity contribution in [2.75, 3.05) is 19.0 Å². The van der Waals surface area contributed by atoms with E-state index < -0.39 is 12.0 Å². The van der Waals surface area contributed by atoms with Gasteiger partial charge in [-0.2, -0.15) is 5.10 Å². The van der Waals surface area contributed by atoms with Crippen molar-refractivity contribution in [1.29, 1.82) is 0 Å². The highest BCUT2D eigenvalue weighted by Crippen LogP contribution is 2.23. The Morgan fingerprint density at radius 3 is 2.78 bits per heavy atom. The van der Waals surface area contributed by atoms with Gasteiger partial charge >= 0.3 is 12.0 Å². The van der Waals surface area contributed by atoms with Gasteiger partial charge in [-0.15, -0.1) is 0 Å². The van der Waals surface area contributed by atoms with Gasteiger partial charge in [0.1, 0.15) is 5.82 Å². The van der Waals surface area contributed by atoms with Gasteiger partial charge < -0.3 is 15.2 Å². The zero-order valence-corrected chi connectivity index (χ0v) is 18.2. The highest BCUT2D eigenvalue weighted by Gasteiger charge is 2.20. The van der Waals surface area contributed by atoms with Crippen LogP contribution in [-0.4, -0.2) is 49.5 Å². The van der Waals surface area contributed by atoms with E-state index in [0.717, 1.165) is 49.4 Å². The molecule has 4 heterocycles. The van der Waals surface area contributed by atoms with E-state index in [1.807, 2.05) is 12.3 Å². The van der Waals surface area contributed by atoms with Gasteiger partial charge in [0.25, 0.3) is 0 Å². The number of pyridine rings is 1. The molecule has 0 spiro atoms. The van der Waals surface area contributed by atoms with Crippen molar-refractivity contribution in [3.63, 3.8) is 0 Å². The maximum Gasteiger partial charge on any atom is 0.316 e. The lowest BCUT2D eigenvalue weighted by atomic mass is 10.1. The quantitative estimate of drug-likeness (QED) is 0.526. The number of hydrogen-bond acceptors (Lipinski definition) is 7. The van der Waals surface area contributed by atoms with Crippen LogP contribution in [0.3, 0.4) is 0 Å². The average Bonchev–Trinajstić information content (AvgIpc) is 3.14. The van der Waals surface area contributed by atoms with Crippen molar-refractivity contribution in [2.24, 2.45) is 0 Å². The van der Waals surface area contributed by atoms with Gasteiger partial charge in [0, 0.05) is 36.4 Å². The number of anilines is 1. The van der Waals surface area contributed by atoms with Crippen molar-refractivity contribution >= 4 is 11.8 Å². The largest absolute Gasteiger partial charge is 0.481 e. The minimum absolute atomic E-state index is 0.108. The number of methoxy groups -OCH3 is 1. The van der Waals surface area contributed by atoms with Crippen LogP contribution in [-0.2, 0) is 24.1 Å². The highest BCUT2D eigenvalue weighted by atomic mass is 16.5. The molecule has 3 aromatic rings. The summed E-state index contributed by atoms with van der Waals surface area (Å²) in [5, 5.41) is 17.4. The summed E-state index contributed by atoms with van der Waals surface area (Å²) in [6.07, 6.45) is 10.9. The number of rotatable bonds is 9. The summed E-state index contributed by atoms with van der Waals surface area (Å²) in [5.74, 6) is 0.119. The molecular formula is C23H28N6O3. The van der Waals surface area contributed by atoms with E-state index in [0.29, 0.717) is 5.56 Å². The maximum absolute atomic E-state index is 11.4. The lowest BCUT2D eigenvalue weighted by Gasteiger charge is -2.15. The van der Waals surface area contributed by atoms with Crippen LogP contribution in [0.25, 0.3) is 0 Å². The number of fused-ring (bicyclic) bond motifs is 1. The molecule has 2 N–H and O–H groups in total. The van der Waals surface area contributed by atoms with Gasteiger partial charge in [0.2, 0.25) is 0 Å². The first-order valence-corrected chi connectivity index (χ1v) is 11.0. The molecule has 4 rings (SSSR count). The van der Waals surface area contributed by atoms with E-state index in [1.54, 1.807) is 17.1 Å². The van der Waals surface area contributed by atoms with Crippen LogP contribution in [0, 0.1) is 0 Å². The van der Waals surface area contributed by atoms with Gasteiger partial charge in [-0.3, -0.25) is 9.48 Å². The van der Waals surface area contributed by atoms with E-state index in [1.165, 1.54) is 25.5 Å². The lowest BCUT2D eigenvalue weighted by molar-refractivity contribution is -0.137. The van der Waals surface area contributed by atoms with Crippen LogP contribution in [0.15, 0.2) is 36.8 Å². The van der Waals surface area contributed by atoms with Gasteiger partial charge in [-0.1, -0.05) is 6.07 Å². The number of carboxylic acid groups (broad SMARTS) is 1. The summed E-state index contributed by atoms with van der Waals surface area (Å²) < 4.78 is 6.67. The molecule has 0 bridgehead atoms. The average molecular weight is 437 g/mol. The van der Waals surface area contributed by atoms with Gasteiger partial charge in [0.05, 0.1) is 25.3 Å². The van der Waals surface area contributed by atoms with Crippen LogP contribution in [0.2, 0.25) is 0 Å². The Morgan fingerprint density at radius 1 is 1.19 bits per heavy atom. The number of carboxylic acids is 1. The van der Waals surface area contributed by atoms with Crippen LogP contribution < -0.4 is 10.1 Å². The first-order valence-electron chi connectivity index (χ1n) is 11.0. The third kappa shape index (κ3) is 5.40. The second-order valence-electron chi connectivity index (χ2n) is 7.95. The molecule has 0 fully saturated rings. The van der Waals surface area contributed by atoms with Gasteiger partial charge in [0.15, 0.2) is 0 Å². The standard InChI is InChI=1S/C23H28N6O3/c1-32-23-25-14-17(15-26-23)20(13-21(30)31)29-12-10-19(28-29)7-4-6-18-9-8-16-5-2-3-11-24-22(16)27-18/h8-10,12,14-15,20H,2-7,11,13H2,1H3,(H,24,27)(H,30,31). The fourth-order valence-corrected chi connectivity index (χ4v) is 3.94. The Kier molecular flexibility index (Phi) is 6.94. The number of aryl methyl sites for hydroxylation is 3. The zero-order chi connectivity index (χ0) is 22.3. The number of ether oxygens (including phenoxy) is 1. The molecule has 0 saturated carbocycles. The molecule has 0 radical (unpaired) electrons. The van der Waals surface area contributed by atoms with Crippen LogP contribution in [0.4, 0.5) is 5.82 Å². The van der Waals surface area contributed by atoms with Crippen LogP contribution in [0.5, 0.6) is 6.01 Å². The van der Waals surface area contributed by atoms with E-state index in [4.69, 9.17) is 9.72 Å². The van der Waals surface area contributed by atoms with Crippen molar-refractivity contribution < 1.29 is 14.6 Å². The van der Waals surface area contributed by atoms with E-state index in [-0.39, 0.29) is 12.4 Å². The third-order valence-electron chi connectivity index (χ3n) is 5.63. The highest BCUT2D eigenvalue weighted by molar-refractivity contribution is 5.68. The molecule has 0 aliphatic carbocycles. The molecule has 1 unspecified atom stereocenters. The fraction of sp³-hybridized carbons (Fsp3) is 0.435. The summed E-state index contributed by atoms with van der Waals surface area (Å²) >= 11 is 0. The second-order valence-corrected chi connectivity index (χ2v) is 7.95. The minimum atomic E-state index is -0.911. The van der Waals surface area contributed by atoms with Crippen LogP contribution in [0.1, 0.15) is 54.2 Å². The number of aliphatic carboxylic acids is 1. The molecule has 1 aliphatic heterocycles. The van der Waals surface area contributed by atoms with E-state index in [9.17, 15) is 9.90 Å². The van der Waals surface area contributed by atoms with Crippen molar-refractivity contribution in [2.45, 2.75) is 51.0 Å². The maximum atomic E-state index is 11.4. The SMILES string of the molecule is COc1ncc(C(CC(=O)O)n2ccc(CCCc3ccc4c(n3)NCCCC4)n2)cn1. The Bertz CT molecular complexity index is 1050. The Hall–Kier alpha value is -3.49. The molecule has 1 aliphatic rings. The molecule has 168 valence electrons. The normalized spacial score (nSPS) is 14.2. The molecule has 0 amide bonds. The molecular weight excluding hydrogens is 408 g/mol. The van der Waals surface area contributed by atoms with Crippen molar-refractivity contribution in [1.82, 2.24) is 24.7 Å². The first-order chi connectivity index (χ1) is 15.6. The summed E-state index contributed by atoms with van der Waals surface area (Å²) in [7, 11) is 1.49. The Labute approximate surface area is 186 Å². The summed E-state index contributed by atoms with van der Waals surface area (Å²) in [6, 6.07) is 6.01. The third-order valence-corrected chi connectivity index (χ3v) is 5.63. The Balaban J connectivity index is 1.39. The molecule has 9 nitrogen and oxygen atoms in total. The van der Waals surface area contributed by atoms with Crippen LogP contribution >= 0.6 is 0 Å². The molecule has 1 atom stereocenters. The van der Waals surface area contributed by atoms with E-state index >= 15 is 0 Å². The number of carbonyl (C=O) groups is 1. The monoisotopic (exact) mass is 436 g/mol. The molecule has 9 heteroatoms. The number of aromatic nitrogens is 5. The van der Waals surface area contributed by atoms with Gasteiger partial charge in [-0.05, 0) is 56.2 Å². The number of hydrogen-bond donors (Lipinski definition) is 2. The van der Waals surface area contributed by atoms with Gasteiger partial charge in [-0.25, -0.2) is 15.0 Å². The van der Waals surface area contributed by atoms with Crippen molar-refractivity contribution in [3.05, 3.63) is 59.3 Å². The Morgan fingerprint density at radius 2 is 2.00 bits per heavy atom. The molecule has 32 heavy (non-hydrogen) atoms. The topological polar surface area (TPSA) is 115 Å². The lowest BCUT2D eigenvalue weighted by Crippen LogP contribution is -2.16. The molecule has 0 saturated heterocycles. The number of nitrogens with one attached hydrogen (secondary N) is 1. The summed E-state index contributed by atoms with van der Waals surface area (Å²) in [5.41, 5.74) is 3.97. The van der Waals surface area contributed by atoms with E-state index in [2.05, 4.69) is 32.5 Å². The fourth-order valence-electron chi connectivity index (χ4n) is 3.94. The van der Waals surface area contributed by atoms with Crippen molar-refractivity contribution in [3.8, 4) is 6.01 Å². The predicted molar refractivity (Wildman–Crippen MR) is 119 cm³/mol. The predicted octanol–water partition coefficient (Wildman–Crippen LogP) is 3.06. The molecule has 3 aromatic heterocycles. The minimum Gasteiger partial charge on any atom is -0.481 e. The summed E-state index contributed by atoms with van der Waals surface area (Å²) in [6.45, 7) is 0.984. The smallest absolute Gasteiger partial charge is 0.316 e. The zero-order valence-electron chi connectivity index (χ0n) is 18.2. The molecule has 0 aromatic carbocycles. The summed E-state index contributed by atoms with van der Waals surface area (Å²) in [4.78, 5) is 24.4. The number of nitrogens with zero attached hydrogens (tertiary/aromatic N) is 5.